The molecular weight excluding hydrogens is 292 g/mol. The number of ether oxygens (including phenoxy) is 1. The van der Waals surface area contributed by atoms with E-state index in [0.29, 0.717) is 17.1 Å². The first kappa shape index (κ1) is 14.8. The normalized spacial score (nSPS) is 10.3. The second-order valence-corrected chi connectivity index (χ2v) is 5.00. The highest BCUT2D eigenvalue weighted by Crippen LogP contribution is 2.23. The van der Waals surface area contributed by atoms with Crippen LogP contribution < -0.4 is 4.74 Å². The first-order chi connectivity index (χ1) is 11.1. The molecule has 0 N–H and O–H groups in total. The smallest absolute Gasteiger partial charge is 0.379 e. The van der Waals surface area contributed by atoms with Gasteiger partial charge in [-0.3, -0.25) is 4.79 Å². The monoisotopic (exact) mass is 306 g/mol. The van der Waals surface area contributed by atoms with Gasteiger partial charge in [0, 0.05) is 11.1 Å². The van der Waals surface area contributed by atoms with Crippen LogP contribution in [0, 0.1) is 0 Å². The summed E-state index contributed by atoms with van der Waals surface area (Å²) < 4.78 is 10.8. The van der Waals surface area contributed by atoms with Crippen molar-refractivity contribution >= 4 is 11.8 Å². The molecular formula is C19H14O4. The maximum atomic E-state index is 12.0. The molecule has 0 amide bonds. The number of ketones is 1. The maximum Gasteiger partial charge on any atom is 0.379 e. The largest absolute Gasteiger partial charge is 0.449 e. The predicted octanol–water partition coefficient (Wildman–Crippen LogP) is 4.37. The molecule has 4 heteroatoms. The van der Waals surface area contributed by atoms with Gasteiger partial charge >= 0.3 is 5.97 Å². The molecule has 3 rings (SSSR count). The third-order valence-electron chi connectivity index (χ3n) is 3.34. The third kappa shape index (κ3) is 3.37. The number of carbonyl (C=O) groups excluding carboxylic acids is 2. The Morgan fingerprint density at radius 3 is 2.22 bits per heavy atom. The van der Waals surface area contributed by atoms with E-state index >= 15 is 0 Å². The Kier molecular flexibility index (Phi) is 4.06. The van der Waals surface area contributed by atoms with Gasteiger partial charge in [0.1, 0.15) is 11.5 Å². The average Bonchev–Trinajstić information content (AvgIpc) is 3.06. The molecule has 0 radical (unpaired) electrons. The van der Waals surface area contributed by atoms with Gasteiger partial charge in [0.05, 0.1) is 0 Å². The highest BCUT2D eigenvalue weighted by Gasteiger charge is 2.14. The van der Waals surface area contributed by atoms with E-state index in [2.05, 4.69) is 0 Å². The summed E-state index contributed by atoms with van der Waals surface area (Å²) in [5.41, 5.74) is 1.41. The molecule has 1 aromatic heterocycles. The molecule has 0 aliphatic rings. The van der Waals surface area contributed by atoms with Crippen molar-refractivity contribution in [2.24, 2.45) is 0 Å². The first-order valence-electron chi connectivity index (χ1n) is 7.12. The van der Waals surface area contributed by atoms with E-state index in [0.717, 1.165) is 5.56 Å². The molecule has 23 heavy (non-hydrogen) atoms. The quantitative estimate of drug-likeness (QED) is 0.408. The molecule has 1 heterocycles. The molecule has 0 aliphatic heterocycles. The van der Waals surface area contributed by atoms with E-state index in [1.54, 1.807) is 60.7 Å². The number of Topliss-reactive ketones (excluding diaryl/α,β-unsaturated/α-hetero) is 1. The highest BCUT2D eigenvalue weighted by atomic mass is 16.5. The summed E-state index contributed by atoms with van der Waals surface area (Å²) in [4.78, 5) is 23.3. The summed E-state index contributed by atoms with van der Waals surface area (Å²) in [6, 6.07) is 19.1. The fourth-order valence-corrected chi connectivity index (χ4v) is 2.12. The molecule has 0 aliphatic carbocycles. The summed E-state index contributed by atoms with van der Waals surface area (Å²) >= 11 is 0. The fraction of sp³-hybridized carbons (Fsp3) is 0.0526. The lowest BCUT2D eigenvalue weighted by Crippen LogP contribution is -2.06. The van der Waals surface area contributed by atoms with Gasteiger partial charge in [-0.25, -0.2) is 4.79 Å². The van der Waals surface area contributed by atoms with Crippen molar-refractivity contribution in [3.05, 3.63) is 78.1 Å². The molecule has 114 valence electrons. The summed E-state index contributed by atoms with van der Waals surface area (Å²) in [5.74, 6) is 0.576. The molecule has 0 saturated carbocycles. The van der Waals surface area contributed by atoms with E-state index in [4.69, 9.17) is 9.15 Å². The van der Waals surface area contributed by atoms with Crippen molar-refractivity contribution in [3.8, 4) is 17.1 Å². The number of furan rings is 1. The van der Waals surface area contributed by atoms with Gasteiger partial charge in [-0.1, -0.05) is 42.5 Å². The number of esters is 1. The topological polar surface area (TPSA) is 56.5 Å². The molecule has 4 nitrogen and oxygen atoms in total. The standard InChI is InChI=1S/C19H14O4/c1-13(20)14-7-9-15(10-8-14)17-11-12-18(23-17)19(21)22-16-5-3-2-4-6-16/h2-12H,1H3. The predicted molar refractivity (Wildman–Crippen MR) is 85.5 cm³/mol. The van der Waals surface area contributed by atoms with Crippen molar-refractivity contribution in [1.82, 2.24) is 0 Å². The van der Waals surface area contributed by atoms with Crippen LogP contribution in [0.3, 0.4) is 0 Å². The van der Waals surface area contributed by atoms with Crippen molar-refractivity contribution in [2.45, 2.75) is 6.92 Å². The molecule has 0 saturated heterocycles. The van der Waals surface area contributed by atoms with Crippen LogP contribution in [0.25, 0.3) is 11.3 Å². The lowest BCUT2D eigenvalue weighted by atomic mass is 10.1. The molecule has 0 unspecified atom stereocenters. The number of hydrogen-bond acceptors (Lipinski definition) is 4. The Bertz CT molecular complexity index is 829. The maximum absolute atomic E-state index is 12.0. The van der Waals surface area contributed by atoms with Crippen molar-refractivity contribution in [2.75, 3.05) is 0 Å². The van der Waals surface area contributed by atoms with Crippen LogP contribution in [0.1, 0.15) is 27.8 Å². The molecule has 2 aromatic carbocycles. The van der Waals surface area contributed by atoms with Crippen LogP contribution in [0.5, 0.6) is 5.75 Å². The zero-order valence-corrected chi connectivity index (χ0v) is 12.5. The van der Waals surface area contributed by atoms with E-state index in [9.17, 15) is 9.59 Å². The average molecular weight is 306 g/mol. The minimum Gasteiger partial charge on any atom is -0.449 e. The second kappa shape index (κ2) is 6.32. The van der Waals surface area contributed by atoms with Gasteiger partial charge < -0.3 is 9.15 Å². The van der Waals surface area contributed by atoms with E-state index in [1.807, 2.05) is 6.07 Å². The van der Waals surface area contributed by atoms with E-state index in [-0.39, 0.29) is 11.5 Å². The number of rotatable bonds is 4. The zero-order chi connectivity index (χ0) is 16.2. The number of benzene rings is 2. The Morgan fingerprint density at radius 1 is 0.870 bits per heavy atom. The lowest BCUT2D eigenvalue weighted by molar-refractivity contribution is 0.0702. The van der Waals surface area contributed by atoms with Crippen LogP contribution in [-0.2, 0) is 0 Å². The van der Waals surface area contributed by atoms with Gasteiger partial charge in [-0.05, 0) is 31.2 Å². The number of para-hydroxylation sites is 1. The van der Waals surface area contributed by atoms with Crippen LogP contribution in [0.15, 0.2) is 71.1 Å². The number of hydrogen-bond donors (Lipinski definition) is 0. The Labute approximate surface area is 133 Å². The van der Waals surface area contributed by atoms with Crippen LogP contribution in [0.4, 0.5) is 0 Å². The SMILES string of the molecule is CC(=O)c1ccc(-c2ccc(C(=O)Oc3ccccc3)o2)cc1. The van der Waals surface area contributed by atoms with Crippen LogP contribution >= 0.6 is 0 Å². The lowest BCUT2D eigenvalue weighted by Gasteiger charge is -2.01. The Balaban J connectivity index is 1.77. The van der Waals surface area contributed by atoms with Gasteiger partial charge in [-0.2, -0.15) is 0 Å². The summed E-state index contributed by atoms with van der Waals surface area (Å²) in [6.07, 6.45) is 0. The van der Waals surface area contributed by atoms with Gasteiger partial charge in [0.15, 0.2) is 5.78 Å². The van der Waals surface area contributed by atoms with Crippen LogP contribution in [-0.4, -0.2) is 11.8 Å². The Hall–Kier alpha value is -3.14. The zero-order valence-electron chi connectivity index (χ0n) is 12.5. The van der Waals surface area contributed by atoms with Gasteiger partial charge in [-0.15, -0.1) is 0 Å². The summed E-state index contributed by atoms with van der Waals surface area (Å²) in [5, 5.41) is 0. The molecule has 0 fully saturated rings. The van der Waals surface area contributed by atoms with Crippen molar-refractivity contribution in [3.63, 3.8) is 0 Å². The molecule has 0 spiro atoms. The highest BCUT2D eigenvalue weighted by molar-refractivity contribution is 5.94. The fourth-order valence-electron chi connectivity index (χ4n) is 2.12. The molecule has 0 bridgehead atoms. The third-order valence-corrected chi connectivity index (χ3v) is 3.34. The minimum absolute atomic E-state index is 0.00289. The van der Waals surface area contributed by atoms with Crippen molar-refractivity contribution in [1.29, 1.82) is 0 Å². The van der Waals surface area contributed by atoms with E-state index in [1.165, 1.54) is 6.92 Å². The summed E-state index contributed by atoms with van der Waals surface area (Å²) in [6.45, 7) is 1.51. The van der Waals surface area contributed by atoms with E-state index < -0.39 is 5.97 Å². The second-order valence-electron chi connectivity index (χ2n) is 5.00. The van der Waals surface area contributed by atoms with Crippen molar-refractivity contribution < 1.29 is 18.7 Å². The minimum atomic E-state index is -0.553. The molecule has 0 atom stereocenters. The first-order valence-corrected chi connectivity index (χ1v) is 7.12. The van der Waals surface area contributed by atoms with Crippen LogP contribution in [0.2, 0.25) is 0 Å². The molecule has 3 aromatic rings. The van der Waals surface area contributed by atoms with Gasteiger partial charge in [0.2, 0.25) is 5.76 Å². The van der Waals surface area contributed by atoms with Gasteiger partial charge in [0.25, 0.3) is 0 Å². The summed E-state index contributed by atoms with van der Waals surface area (Å²) in [7, 11) is 0. The Morgan fingerprint density at radius 2 is 1.57 bits per heavy atom. The number of carbonyl (C=O) groups is 2.